The number of nitrogens with zero attached hydrogens (tertiary/aromatic N) is 1. The van der Waals surface area contributed by atoms with Crippen LogP contribution < -0.4 is 5.32 Å². The Morgan fingerprint density at radius 2 is 1.94 bits per heavy atom. The molecular weight excluding hydrogens is 280 g/mol. The van der Waals surface area contributed by atoms with E-state index in [9.17, 15) is 8.42 Å². The van der Waals surface area contributed by atoms with E-state index >= 15 is 0 Å². The number of thiophene rings is 1. The average Bonchev–Trinajstić information content (AvgIpc) is 2.64. The van der Waals surface area contributed by atoms with Crippen LogP contribution in [0.3, 0.4) is 0 Å². The van der Waals surface area contributed by atoms with Gasteiger partial charge in [-0.2, -0.15) is 4.31 Å². The zero-order valence-electron chi connectivity index (χ0n) is 9.68. The van der Waals surface area contributed by atoms with Crippen LogP contribution >= 0.6 is 22.9 Å². The molecule has 1 N–H and O–H groups in total. The zero-order valence-corrected chi connectivity index (χ0v) is 12.1. The van der Waals surface area contributed by atoms with Gasteiger partial charge in [0, 0.05) is 25.2 Å². The summed E-state index contributed by atoms with van der Waals surface area (Å²) in [6, 6.07) is 3.53. The lowest BCUT2D eigenvalue weighted by molar-refractivity contribution is 0.263. The van der Waals surface area contributed by atoms with Crippen LogP contribution in [0.25, 0.3) is 0 Å². The molecule has 0 spiro atoms. The van der Waals surface area contributed by atoms with Gasteiger partial charge in [-0.05, 0) is 26.0 Å². The highest BCUT2D eigenvalue weighted by Crippen LogP contribution is 2.28. The van der Waals surface area contributed by atoms with Gasteiger partial charge in [-0.3, -0.25) is 0 Å². The van der Waals surface area contributed by atoms with Crippen molar-refractivity contribution >= 4 is 33.0 Å². The highest BCUT2D eigenvalue weighted by Gasteiger charge is 2.32. The summed E-state index contributed by atoms with van der Waals surface area (Å²) >= 11 is 6.89. The van der Waals surface area contributed by atoms with Crippen molar-refractivity contribution in [3.8, 4) is 0 Å². The standard InChI is InChI=1S/C10H15ClN2O2S2/c1-7-5-13(6-8(2)12-7)17(14,15)10-4-3-9(11)16-10/h3-4,7-8,12H,5-6H2,1-2H3. The van der Waals surface area contributed by atoms with Crippen LogP contribution in [0.15, 0.2) is 16.3 Å². The largest absolute Gasteiger partial charge is 0.309 e. The number of halogens is 1. The van der Waals surface area contributed by atoms with Gasteiger partial charge in [-0.15, -0.1) is 11.3 Å². The molecule has 2 unspecified atom stereocenters. The zero-order chi connectivity index (χ0) is 12.6. The summed E-state index contributed by atoms with van der Waals surface area (Å²) in [4.78, 5) is 0. The molecule has 0 aliphatic carbocycles. The first-order valence-electron chi connectivity index (χ1n) is 5.41. The van der Waals surface area contributed by atoms with Crippen molar-refractivity contribution in [2.45, 2.75) is 30.1 Å². The summed E-state index contributed by atoms with van der Waals surface area (Å²) < 4.78 is 27.0. The lowest BCUT2D eigenvalue weighted by Gasteiger charge is -2.34. The molecule has 1 aliphatic heterocycles. The average molecular weight is 295 g/mol. The molecule has 0 aromatic carbocycles. The summed E-state index contributed by atoms with van der Waals surface area (Å²) in [5.74, 6) is 0. The maximum absolute atomic E-state index is 12.3. The molecule has 0 bridgehead atoms. The maximum Gasteiger partial charge on any atom is 0.252 e. The number of hydrogen-bond donors (Lipinski definition) is 1. The number of hydrogen-bond acceptors (Lipinski definition) is 4. The first-order chi connectivity index (χ1) is 7.89. The molecule has 2 heterocycles. The first kappa shape index (κ1) is 13.3. The van der Waals surface area contributed by atoms with Gasteiger partial charge in [0.25, 0.3) is 10.0 Å². The van der Waals surface area contributed by atoms with E-state index < -0.39 is 10.0 Å². The van der Waals surface area contributed by atoms with Gasteiger partial charge in [0.15, 0.2) is 0 Å². The predicted octanol–water partition coefficient (Wildman–Crippen LogP) is 1.77. The molecule has 17 heavy (non-hydrogen) atoms. The molecule has 1 aromatic heterocycles. The molecule has 0 radical (unpaired) electrons. The van der Waals surface area contributed by atoms with Crippen molar-refractivity contribution in [3.63, 3.8) is 0 Å². The second-order valence-corrected chi connectivity index (χ2v) is 8.23. The smallest absolute Gasteiger partial charge is 0.252 e. The van der Waals surface area contributed by atoms with Gasteiger partial charge in [0.1, 0.15) is 4.21 Å². The summed E-state index contributed by atoms with van der Waals surface area (Å²) in [6.45, 7) is 4.98. The Morgan fingerprint density at radius 1 is 1.35 bits per heavy atom. The maximum atomic E-state index is 12.3. The van der Waals surface area contributed by atoms with Crippen LogP contribution in [0.1, 0.15) is 13.8 Å². The molecule has 1 fully saturated rings. The fourth-order valence-electron chi connectivity index (χ4n) is 2.04. The molecular formula is C10H15ClN2O2S2. The van der Waals surface area contributed by atoms with Gasteiger partial charge in [0.05, 0.1) is 4.34 Å². The van der Waals surface area contributed by atoms with Crippen LogP contribution in [0, 0.1) is 0 Å². The fourth-order valence-corrected chi connectivity index (χ4v) is 5.29. The number of nitrogens with one attached hydrogen (secondary N) is 1. The number of piperazine rings is 1. The van der Waals surface area contributed by atoms with Crippen LogP contribution in [0.4, 0.5) is 0 Å². The first-order valence-corrected chi connectivity index (χ1v) is 8.04. The Labute approximate surface area is 111 Å². The molecule has 1 aliphatic rings. The van der Waals surface area contributed by atoms with E-state index in [4.69, 9.17) is 11.6 Å². The van der Waals surface area contributed by atoms with Gasteiger partial charge in [-0.1, -0.05) is 11.6 Å². The van der Waals surface area contributed by atoms with Crippen molar-refractivity contribution in [1.29, 1.82) is 0 Å². The predicted molar refractivity (Wildman–Crippen MR) is 70.1 cm³/mol. The molecule has 1 aromatic rings. The summed E-state index contributed by atoms with van der Waals surface area (Å²) in [5.41, 5.74) is 0. The molecule has 2 rings (SSSR count). The highest BCUT2D eigenvalue weighted by molar-refractivity contribution is 7.91. The third-order valence-corrected chi connectivity index (χ3v) is 6.20. The molecule has 0 amide bonds. The van der Waals surface area contributed by atoms with E-state index in [1.165, 1.54) is 4.31 Å². The Bertz CT molecular complexity index is 490. The SMILES string of the molecule is CC1CN(S(=O)(=O)c2ccc(Cl)s2)CC(C)N1. The van der Waals surface area contributed by atoms with E-state index in [0.29, 0.717) is 21.6 Å². The van der Waals surface area contributed by atoms with Crippen LogP contribution in [-0.2, 0) is 10.0 Å². The molecule has 4 nitrogen and oxygen atoms in total. The lowest BCUT2D eigenvalue weighted by atomic mass is 10.2. The number of sulfonamides is 1. The second-order valence-electron chi connectivity index (χ2n) is 4.35. The normalized spacial score (nSPS) is 27.2. The minimum absolute atomic E-state index is 0.170. The molecule has 7 heteroatoms. The van der Waals surface area contributed by atoms with E-state index in [-0.39, 0.29) is 12.1 Å². The Kier molecular flexibility index (Phi) is 3.80. The Morgan fingerprint density at radius 3 is 2.41 bits per heavy atom. The van der Waals surface area contributed by atoms with E-state index in [2.05, 4.69) is 5.32 Å². The quantitative estimate of drug-likeness (QED) is 0.904. The highest BCUT2D eigenvalue weighted by atomic mass is 35.5. The summed E-state index contributed by atoms with van der Waals surface area (Å²) in [5, 5.41) is 3.31. The van der Waals surface area contributed by atoms with E-state index in [1.807, 2.05) is 13.8 Å². The van der Waals surface area contributed by atoms with E-state index in [1.54, 1.807) is 12.1 Å². The molecule has 1 saturated heterocycles. The minimum Gasteiger partial charge on any atom is -0.309 e. The number of rotatable bonds is 2. The van der Waals surface area contributed by atoms with Gasteiger partial charge < -0.3 is 5.32 Å². The van der Waals surface area contributed by atoms with Crippen molar-refractivity contribution in [1.82, 2.24) is 9.62 Å². The van der Waals surface area contributed by atoms with Crippen molar-refractivity contribution in [2.75, 3.05) is 13.1 Å². The van der Waals surface area contributed by atoms with Gasteiger partial charge in [-0.25, -0.2) is 8.42 Å². The van der Waals surface area contributed by atoms with Crippen LogP contribution in [-0.4, -0.2) is 37.9 Å². The van der Waals surface area contributed by atoms with Crippen LogP contribution in [0.2, 0.25) is 4.34 Å². The third kappa shape index (κ3) is 2.82. The summed E-state index contributed by atoms with van der Waals surface area (Å²) in [7, 11) is -3.38. The van der Waals surface area contributed by atoms with Crippen molar-refractivity contribution in [2.24, 2.45) is 0 Å². The molecule has 0 saturated carbocycles. The summed E-state index contributed by atoms with van der Waals surface area (Å²) in [6.07, 6.45) is 0. The Balaban J connectivity index is 2.26. The van der Waals surface area contributed by atoms with Crippen molar-refractivity contribution < 1.29 is 8.42 Å². The van der Waals surface area contributed by atoms with Gasteiger partial charge >= 0.3 is 0 Å². The third-order valence-electron chi connectivity index (χ3n) is 2.67. The monoisotopic (exact) mass is 294 g/mol. The second kappa shape index (κ2) is 4.85. The molecule has 96 valence electrons. The topological polar surface area (TPSA) is 49.4 Å². The lowest BCUT2D eigenvalue weighted by Crippen LogP contribution is -2.55. The molecule has 2 atom stereocenters. The van der Waals surface area contributed by atoms with Gasteiger partial charge in [0.2, 0.25) is 0 Å². The van der Waals surface area contributed by atoms with Crippen molar-refractivity contribution in [3.05, 3.63) is 16.5 Å². The Hall–Kier alpha value is -0.140. The van der Waals surface area contributed by atoms with Crippen LogP contribution in [0.5, 0.6) is 0 Å². The minimum atomic E-state index is -3.38. The van der Waals surface area contributed by atoms with E-state index in [0.717, 1.165) is 11.3 Å². The fraction of sp³-hybridized carbons (Fsp3) is 0.600.